The minimum Gasteiger partial charge on any atom is -0.394 e. The van der Waals surface area contributed by atoms with E-state index in [1.807, 2.05) is 6.08 Å². The van der Waals surface area contributed by atoms with Crippen LogP contribution in [0.25, 0.3) is 0 Å². The molecule has 1 amide bonds. The van der Waals surface area contributed by atoms with E-state index in [1.165, 1.54) is 103 Å². The molecule has 2 saturated heterocycles. The number of allylic oxidation sites excluding steroid dienone is 9. The normalized spacial score (nSPS) is 26.2. The van der Waals surface area contributed by atoms with Crippen LogP contribution in [-0.2, 0) is 23.7 Å². The van der Waals surface area contributed by atoms with Gasteiger partial charge in [-0.1, -0.05) is 197 Å². The fourth-order valence-corrected chi connectivity index (χ4v) is 8.93. The molecule has 14 heteroatoms. The Labute approximate surface area is 428 Å². The summed E-state index contributed by atoms with van der Waals surface area (Å²) in [5, 5.41) is 87.0. The van der Waals surface area contributed by atoms with Crippen molar-refractivity contribution < 1.29 is 64.6 Å². The van der Waals surface area contributed by atoms with Gasteiger partial charge in [-0.05, 0) is 57.8 Å². The number of hydrogen-bond donors (Lipinski definition) is 9. The average Bonchev–Trinajstić information content (AvgIpc) is 3.37. The maximum atomic E-state index is 13.2. The number of nitrogens with one attached hydrogen (secondary N) is 1. The highest BCUT2D eigenvalue weighted by Crippen LogP contribution is 2.30. The van der Waals surface area contributed by atoms with Crippen LogP contribution in [0.3, 0.4) is 0 Å². The van der Waals surface area contributed by atoms with Gasteiger partial charge in [0, 0.05) is 6.42 Å². The third-order valence-corrected chi connectivity index (χ3v) is 13.5. The molecule has 2 rings (SSSR count). The molecule has 2 aliphatic heterocycles. The lowest BCUT2D eigenvalue weighted by Gasteiger charge is -2.46. The second-order valence-corrected chi connectivity index (χ2v) is 19.7. The number of amides is 1. The summed E-state index contributed by atoms with van der Waals surface area (Å²) >= 11 is 0. The van der Waals surface area contributed by atoms with Gasteiger partial charge < -0.3 is 65.1 Å². The van der Waals surface area contributed by atoms with Crippen LogP contribution in [0.1, 0.15) is 200 Å². The number of aliphatic hydroxyl groups excluding tert-OH is 8. The van der Waals surface area contributed by atoms with Crippen molar-refractivity contribution in [3.8, 4) is 0 Å². The van der Waals surface area contributed by atoms with Crippen LogP contribution in [0.5, 0.6) is 0 Å². The molecular formula is C57H101NO13. The standard InChI is InChI=1S/C57H101NO13/c1-3-5-7-9-11-13-15-17-19-21-22-23-24-25-27-29-31-33-35-37-39-41-49(62)58-45(46(61)40-38-36-34-32-30-28-26-20-18-16-14-12-10-8-6-4-2)44-68-56-54(67)52(65)55(48(43-60)70-56)71-57-53(66)51(64)50(63)47(42-59)69-57/h5,7,11,13,17,19,22-23,38,40,45-48,50-57,59-61,63-67H,3-4,6,8-10,12,14-16,18,20-21,24-37,39,41-44H2,1-2H3,(H,58,62)/b7-5-,13-11-,19-17-,23-22-,40-38+. The highest BCUT2D eigenvalue weighted by molar-refractivity contribution is 5.76. The van der Waals surface area contributed by atoms with Crippen LogP contribution >= 0.6 is 0 Å². The smallest absolute Gasteiger partial charge is 0.220 e. The van der Waals surface area contributed by atoms with Crippen LogP contribution in [0.15, 0.2) is 60.8 Å². The van der Waals surface area contributed by atoms with Crippen molar-refractivity contribution in [2.45, 2.75) is 274 Å². The van der Waals surface area contributed by atoms with E-state index >= 15 is 0 Å². The van der Waals surface area contributed by atoms with E-state index in [4.69, 9.17) is 18.9 Å². The third-order valence-electron chi connectivity index (χ3n) is 13.5. The van der Waals surface area contributed by atoms with Gasteiger partial charge in [-0.15, -0.1) is 0 Å². The number of unbranched alkanes of at least 4 members (excludes halogenated alkanes) is 22. The molecule has 0 aromatic carbocycles. The lowest BCUT2D eigenvalue weighted by atomic mass is 9.97. The van der Waals surface area contributed by atoms with Crippen LogP contribution < -0.4 is 5.32 Å². The van der Waals surface area contributed by atoms with Crippen LogP contribution in [0, 0.1) is 0 Å². The molecule has 2 heterocycles. The second kappa shape index (κ2) is 43.0. The van der Waals surface area contributed by atoms with Crippen molar-refractivity contribution >= 4 is 5.91 Å². The quantitative estimate of drug-likeness (QED) is 0.0206. The minimum absolute atomic E-state index is 0.250. The van der Waals surface area contributed by atoms with Gasteiger partial charge in [0.05, 0.1) is 32.0 Å². The first-order valence-corrected chi connectivity index (χ1v) is 28.0. The molecule has 0 spiro atoms. The Morgan fingerprint density at radius 2 is 0.972 bits per heavy atom. The predicted octanol–water partition coefficient (Wildman–Crippen LogP) is 8.61. The summed E-state index contributed by atoms with van der Waals surface area (Å²) in [5.41, 5.74) is 0. The number of hydrogen-bond acceptors (Lipinski definition) is 13. The van der Waals surface area contributed by atoms with Gasteiger partial charge in [-0.3, -0.25) is 4.79 Å². The number of ether oxygens (including phenoxy) is 4. The molecule has 71 heavy (non-hydrogen) atoms. The number of carbonyl (C=O) groups excluding carboxylic acids is 1. The van der Waals surface area contributed by atoms with Crippen molar-refractivity contribution in [1.82, 2.24) is 5.32 Å². The van der Waals surface area contributed by atoms with Gasteiger partial charge in [0.2, 0.25) is 5.91 Å². The molecule has 14 nitrogen and oxygen atoms in total. The maximum absolute atomic E-state index is 13.2. The summed E-state index contributed by atoms with van der Waals surface area (Å²) in [6, 6.07) is -0.921. The minimum atomic E-state index is -1.79. The van der Waals surface area contributed by atoms with Gasteiger partial charge in [0.15, 0.2) is 12.6 Å². The summed E-state index contributed by atoms with van der Waals surface area (Å²) in [7, 11) is 0. The van der Waals surface area contributed by atoms with E-state index in [2.05, 4.69) is 67.8 Å². The highest BCUT2D eigenvalue weighted by atomic mass is 16.7. The summed E-state index contributed by atoms with van der Waals surface area (Å²) in [6.45, 7) is 2.67. The van der Waals surface area contributed by atoms with Crippen molar-refractivity contribution in [2.75, 3.05) is 19.8 Å². The first-order valence-electron chi connectivity index (χ1n) is 28.0. The van der Waals surface area contributed by atoms with Gasteiger partial charge in [-0.2, -0.15) is 0 Å². The Bertz CT molecular complexity index is 1420. The Balaban J connectivity index is 1.80. The van der Waals surface area contributed by atoms with E-state index in [-0.39, 0.29) is 18.9 Å². The third kappa shape index (κ3) is 29.4. The Hall–Kier alpha value is -2.31. The van der Waals surface area contributed by atoms with E-state index in [1.54, 1.807) is 6.08 Å². The van der Waals surface area contributed by atoms with Crippen molar-refractivity contribution in [2.24, 2.45) is 0 Å². The molecule has 0 saturated carbocycles. The van der Waals surface area contributed by atoms with E-state index in [0.717, 1.165) is 70.6 Å². The molecule has 2 fully saturated rings. The fourth-order valence-electron chi connectivity index (χ4n) is 8.93. The molecule has 9 N–H and O–H groups in total. The summed E-state index contributed by atoms with van der Waals surface area (Å²) < 4.78 is 22.7. The molecule has 2 aliphatic rings. The maximum Gasteiger partial charge on any atom is 0.220 e. The van der Waals surface area contributed by atoms with E-state index in [9.17, 15) is 45.6 Å². The molecule has 12 unspecified atom stereocenters. The lowest BCUT2D eigenvalue weighted by molar-refractivity contribution is -0.359. The Kier molecular flexibility index (Phi) is 39.2. The topological polar surface area (TPSA) is 228 Å². The monoisotopic (exact) mass is 1010 g/mol. The van der Waals surface area contributed by atoms with E-state index < -0.39 is 86.8 Å². The van der Waals surface area contributed by atoms with Crippen molar-refractivity contribution in [3.05, 3.63) is 60.8 Å². The highest BCUT2D eigenvalue weighted by Gasteiger charge is 2.51. The molecule has 0 aromatic heterocycles. The van der Waals surface area contributed by atoms with Crippen molar-refractivity contribution in [1.29, 1.82) is 0 Å². The lowest BCUT2D eigenvalue weighted by Crippen LogP contribution is -2.65. The summed E-state index contributed by atoms with van der Waals surface area (Å²) in [4.78, 5) is 13.2. The molecular weight excluding hydrogens is 907 g/mol. The van der Waals surface area contributed by atoms with Crippen molar-refractivity contribution in [3.63, 3.8) is 0 Å². The first-order chi connectivity index (χ1) is 34.6. The molecule has 0 radical (unpaired) electrons. The summed E-state index contributed by atoms with van der Waals surface area (Å²) in [6.07, 6.45) is 36.7. The fraction of sp³-hybridized carbons (Fsp3) is 0.807. The predicted molar refractivity (Wildman–Crippen MR) is 281 cm³/mol. The Morgan fingerprint density at radius 3 is 1.49 bits per heavy atom. The zero-order chi connectivity index (χ0) is 51.7. The Morgan fingerprint density at radius 1 is 0.521 bits per heavy atom. The number of rotatable bonds is 43. The average molecular weight is 1010 g/mol. The molecule has 0 bridgehead atoms. The molecule has 412 valence electrons. The zero-order valence-electron chi connectivity index (χ0n) is 43.9. The zero-order valence-corrected chi connectivity index (χ0v) is 43.9. The molecule has 0 aliphatic carbocycles. The number of aliphatic hydroxyl groups is 8. The van der Waals surface area contributed by atoms with Crippen LogP contribution in [0.4, 0.5) is 0 Å². The van der Waals surface area contributed by atoms with Crippen LogP contribution in [0.2, 0.25) is 0 Å². The molecule has 12 atom stereocenters. The second-order valence-electron chi connectivity index (χ2n) is 19.7. The number of carbonyl (C=O) groups is 1. The van der Waals surface area contributed by atoms with E-state index in [0.29, 0.717) is 6.42 Å². The van der Waals surface area contributed by atoms with Gasteiger partial charge in [0.1, 0.15) is 48.8 Å². The van der Waals surface area contributed by atoms with Gasteiger partial charge in [-0.25, -0.2) is 0 Å². The first kappa shape index (κ1) is 64.8. The van der Waals surface area contributed by atoms with Crippen LogP contribution in [-0.4, -0.2) is 140 Å². The SMILES string of the molecule is CC/C=C\C/C=C\C/C=C\C/C=C\CCCCCCCCCCC(=O)NC(COC1OC(CO)C(OC2OC(CO)C(O)C(O)C2O)C(O)C1O)C(O)/C=C/CCCCCCCCCCCCCCCC. The summed E-state index contributed by atoms with van der Waals surface area (Å²) in [5.74, 6) is -0.250. The molecule has 0 aromatic rings. The largest absolute Gasteiger partial charge is 0.394 e. The van der Waals surface area contributed by atoms with Gasteiger partial charge >= 0.3 is 0 Å². The van der Waals surface area contributed by atoms with Gasteiger partial charge in [0.25, 0.3) is 0 Å².